The average molecular weight is 235 g/mol. The van der Waals surface area contributed by atoms with E-state index >= 15 is 0 Å². The summed E-state index contributed by atoms with van der Waals surface area (Å²) in [4.78, 5) is 10.3. The predicted molar refractivity (Wildman–Crippen MR) is 62.6 cm³/mol. The highest BCUT2D eigenvalue weighted by Gasteiger charge is 2.14. The molecule has 1 atom stereocenters. The molecule has 2 N–H and O–H groups in total. The van der Waals surface area contributed by atoms with E-state index < -0.39 is 4.92 Å². The number of nitro benzene ring substituents is 1. The number of rotatable bonds is 5. The quantitative estimate of drug-likeness (QED) is 0.595. The molecule has 1 rings (SSSR count). The van der Waals surface area contributed by atoms with Crippen molar-refractivity contribution in [3.63, 3.8) is 0 Å². The van der Waals surface area contributed by atoms with Crippen LogP contribution in [0.1, 0.15) is 12.5 Å². The molecule has 0 spiro atoms. The van der Waals surface area contributed by atoms with E-state index in [9.17, 15) is 10.1 Å². The third-order valence-electron chi connectivity index (χ3n) is 2.27. The minimum atomic E-state index is -0.507. The molecule has 6 heteroatoms. The molecule has 1 unspecified atom stereocenters. The lowest BCUT2D eigenvalue weighted by atomic mass is 10.1. The maximum Gasteiger partial charge on any atom is 0.292 e. The minimum absolute atomic E-state index is 0.00125. The molecule has 0 aliphatic heterocycles. The van der Waals surface area contributed by atoms with Gasteiger partial charge in [0.15, 0.2) is 0 Å². The van der Waals surface area contributed by atoms with E-state index in [1.54, 1.807) is 0 Å². The van der Waals surface area contributed by atoms with Crippen LogP contribution in [0.2, 0.25) is 0 Å². The van der Waals surface area contributed by atoms with Crippen LogP contribution >= 0.6 is 0 Å². The molecule has 0 radical (unpaired) electrons. The molecular weight excluding hydrogens is 222 g/mol. The first-order chi connectivity index (χ1) is 8.08. The lowest BCUT2D eigenvalue weighted by molar-refractivity contribution is -0.384. The van der Waals surface area contributed by atoms with Crippen molar-refractivity contribution in [2.45, 2.75) is 6.92 Å². The molecule has 0 saturated heterocycles. The van der Waals surface area contributed by atoms with Crippen LogP contribution in [0.25, 0.3) is 0 Å². The third kappa shape index (κ3) is 3.43. The lowest BCUT2D eigenvalue weighted by Crippen LogP contribution is -2.15. The second kappa shape index (κ2) is 5.82. The maximum atomic E-state index is 10.8. The van der Waals surface area contributed by atoms with Gasteiger partial charge in [0.05, 0.1) is 16.6 Å². The molecule has 0 fully saturated rings. The van der Waals surface area contributed by atoms with Crippen molar-refractivity contribution in [1.29, 1.82) is 5.26 Å². The van der Waals surface area contributed by atoms with Crippen LogP contribution in [0, 0.1) is 27.4 Å². The molecular formula is C11H13N3O3. The van der Waals surface area contributed by atoms with E-state index in [0.717, 1.165) is 0 Å². The normalized spacial score (nSPS) is 11.6. The molecule has 0 saturated carbocycles. The molecule has 0 bridgehead atoms. The van der Waals surface area contributed by atoms with E-state index in [1.807, 2.05) is 13.0 Å². The highest BCUT2D eigenvalue weighted by atomic mass is 16.6. The smallest absolute Gasteiger partial charge is 0.292 e. The first-order valence-corrected chi connectivity index (χ1v) is 5.11. The van der Waals surface area contributed by atoms with Crippen LogP contribution < -0.4 is 5.32 Å². The molecule has 0 aromatic heterocycles. The molecule has 6 nitrogen and oxygen atoms in total. The van der Waals surface area contributed by atoms with Crippen LogP contribution in [0.15, 0.2) is 18.2 Å². The van der Waals surface area contributed by atoms with E-state index in [4.69, 9.17) is 10.4 Å². The van der Waals surface area contributed by atoms with Crippen molar-refractivity contribution in [3.05, 3.63) is 33.9 Å². The Kier molecular flexibility index (Phi) is 4.43. The van der Waals surface area contributed by atoms with E-state index in [1.165, 1.54) is 18.2 Å². The largest absolute Gasteiger partial charge is 0.396 e. The van der Waals surface area contributed by atoms with Crippen LogP contribution in [0.4, 0.5) is 11.4 Å². The second-order valence-corrected chi connectivity index (χ2v) is 3.77. The average Bonchev–Trinajstić information content (AvgIpc) is 2.35. The van der Waals surface area contributed by atoms with Gasteiger partial charge in [-0.3, -0.25) is 10.1 Å². The van der Waals surface area contributed by atoms with Crippen molar-refractivity contribution in [2.75, 3.05) is 18.5 Å². The number of nitriles is 1. The van der Waals surface area contributed by atoms with Crippen molar-refractivity contribution < 1.29 is 10.0 Å². The fourth-order valence-electron chi connectivity index (χ4n) is 1.26. The molecule has 0 aliphatic rings. The Hall–Kier alpha value is -2.13. The third-order valence-corrected chi connectivity index (χ3v) is 2.27. The maximum absolute atomic E-state index is 10.8. The SMILES string of the molecule is CC(CO)CNc1cc(C#N)ccc1[N+](=O)[O-]. The van der Waals surface area contributed by atoms with Gasteiger partial charge in [0.1, 0.15) is 5.69 Å². The fraction of sp³-hybridized carbons (Fsp3) is 0.364. The van der Waals surface area contributed by atoms with Gasteiger partial charge in [-0.15, -0.1) is 0 Å². The number of anilines is 1. The van der Waals surface area contributed by atoms with Gasteiger partial charge in [0.2, 0.25) is 0 Å². The number of hydrogen-bond acceptors (Lipinski definition) is 5. The lowest BCUT2D eigenvalue weighted by Gasteiger charge is -2.11. The Morgan fingerprint density at radius 1 is 1.65 bits per heavy atom. The Bertz CT molecular complexity index is 454. The summed E-state index contributed by atoms with van der Waals surface area (Å²) in [6.45, 7) is 2.22. The van der Waals surface area contributed by atoms with Crippen molar-refractivity contribution in [2.24, 2.45) is 5.92 Å². The molecule has 1 aromatic carbocycles. The summed E-state index contributed by atoms with van der Waals surface area (Å²) in [5.74, 6) is -0.0136. The molecule has 0 aliphatic carbocycles. The molecule has 90 valence electrons. The number of aliphatic hydroxyl groups is 1. The Labute approximate surface area is 98.6 Å². The first kappa shape index (κ1) is 12.9. The minimum Gasteiger partial charge on any atom is -0.396 e. The summed E-state index contributed by atoms with van der Waals surface area (Å²) in [5.41, 5.74) is 0.582. The number of nitrogens with one attached hydrogen (secondary N) is 1. The Morgan fingerprint density at radius 2 is 2.35 bits per heavy atom. The second-order valence-electron chi connectivity index (χ2n) is 3.77. The summed E-state index contributed by atoms with van der Waals surface area (Å²) in [6.07, 6.45) is 0. The fourth-order valence-corrected chi connectivity index (χ4v) is 1.26. The van der Waals surface area contributed by atoms with Crippen LogP contribution in [0.3, 0.4) is 0 Å². The van der Waals surface area contributed by atoms with Crippen molar-refractivity contribution in [1.82, 2.24) is 0 Å². The van der Waals surface area contributed by atoms with Gasteiger partial charge in [0.25, 0.3) is 5.69 Å². The molecule has 17 heavy (non-hydrogen) atoms. The Balaban J connectivity index is 2.94. The first-order valence-electron chi connectivity index (χ1n) is 5.11. The highest BCUT2D eigenvalue weighted by molar-refractivity contribution is 5.64. The number of aliphatic hydroxyl groups excluding tert-OH is 1. The summed E-state index contributed by atoms with van der Waals surface area (Å²) >= 11 is 0. The van der Waals surface area contributed by atoms with Crippen LogP contribution in [-0.4, -0.2) is 23.2 Å². The molecule has 1 aromatic rings. The topological polar surface area (TPSA) is 99.2 Å². The monoisotopic (exact) mass is 235 g/mol. The zero-order chi connectivity index (χ0) is 12.8. The van der Waals surface area contributed by atoms with Gasteiger partial charge in [-0.1, -0.05) is 6.92 Å². The van der Waals surface area contributed by atoms with Crippen molar-refractivity contribution >= 4 is 11.4 Å². The van der Waals surface area contributed by atoms with Gasteiger partial charge in [-0.2, -0.15) is 5.26 Å². The van der Waals surface area contributed by atoms with Crippen LogP contribution in [0.5, 0.6) is 0 Å². The number of benzene rings is 1. The van der Waals surface area contributed by atoms with Gasteiger partial charge in [-0.05, 0) is 18.1 Å². The van der Waals surface area contributed by atoms with E-state index in [-0.39, 0.29) is 18.2 Å². The molecule has 0 heterocycles. The molecule has 0 amide bonds. The zero-order valence-electron chi connectivity index (χ0n) is 9.38. The summed E-state index contributed by atoms with van der Waals surface area (Å²) in [5, 5.41) is 31.2. The van der Waals surface area contributed by atoms with Gasteiger partial charge in [0, 0.05) is 19.2 Å². The summed E-state index contributed by atoms with van der Waals surface area (Å²) in [7, 11) is 0. The van der Waals surface area contributed by atoms with Crippen LogP contribution in [-0.2, 0) is 0 Å². The number of nitrogens with zero attached hydrogens (tertiary/aromatic N) is 2. The van der Waals surface area contributed by atoms with Gasteiger partial charge < -0.3 is 10.4 Å². The predicted octanol–water partition coefficient (Wildman–Crippen LogP) is 1.51. The van der Waals surface area contributed by atoms with E-state index in [2.05, 4.69) is 5.32 Å². The van der Waals surface area contributed by atoms with Crippen molar-refractivity contribution in [3.8, 4) is 6.07 Å². The zero-order valence-corrected chi connectivity index (χ0v) is 9.38. The summed E-state index contributed by atoms with van der Waals surface area (Å²) < 4.78 is 0. The standard InChI is InChI=1S/C11H13N3O3/c1-8(7-15)6-13-10-4-9(5-12)2-3-11(10)14(16)17/h2-4,8,13,15H,6-7H2,1H3. The summed E-state index contributed by atoms with van der Waals surface area (Å²) in [6, 6.07) is 6.05. The Morgan fingerprint density at radius 3 is 2.88 bits per heavy atom. The number of nitro groups is 1. The van der Waals surface area contributed by atoms with Gasteiger partial charge >= 0.3 is 0 Å². The number of hydrogen-bond donors (Lipinski definition) is 2. The van der Waals surface area contributed by atoms with E-state index in [0.29, 0.717) is 17.8 Å². The van der Waals surface area contributed by atoms with Gasteiger partial charge in [-0.25, -0.2) is 0 Å². The highest BCUT2D eigenvalue weighted by Crippen LogP contribution is 2.25.